The molecule has 1 aromatic heterocycles. The summed E-state index contributed by atoms with van der Waals surface area (Å²) in [7, 11) is 2.05. The molecule has 1 aromatic carbocycles. The van der Waals surface area contributed by atoms with E-state index in [4.69, 9.17) is 9.73 Å². The minimum Gasteiger partial charge on any atom is -0.494 e. The van der Waals surface area contributed by atoms with Crippen LogP contribution in [0.15, 0.2) is 29.3 Å². The average molecular weight is 498 g/mol. The van der Waals surface area contributed by atoms with Crippen molar-refractivity contribution in [3.63, 3.8) is 0 Å². The van der Waals surface area contributed by atoms with Gasteiger partial charge in [-0.05, 0) is 44.4 Å². The molecule has 0 saturated heterocycles. The first-order valence-electron chi connectivity index (χ1n) is 9.83. The number of rotatable bonds is 7. The average Bonchev–Trinajstić information content (AvgIpc) is 3.10. The molecule has 0 unspecified atom stereocenters. The number of aromatic nitrogens is 3. The maximum absolute atomic E-state index is 5.51. The second-order valence-electron chi connectivity index (χ2n) is 6.74. The summed E-state index contributed by atoms with van der Waals surface area (Å²) in [6.07, 6.45) is 3.42. The fraction of sp³-hybridized carbons (Fsp3) is 0.550. The van der Waals surface area contributed by atoms with Gasteiger partial charge in [-0.25, -0.2) is 4.99 Å². The Morgan fingerprint density at radius 1 is 1.21 bits per heavy atom. The van der Waals surface area contributed by atoms with E-state index in [0.29, 0.717) is 13.2 Å². The fourth-order valence-corrected chi connectivity index (χ4v) is 3.31. The molecule has 1 aliphatic rings. The zero-order valence-corrected chi connectivity index (χ0v) is 19.3. The van der Waals surface area contributed by atoms with Crippen molar-refractivity contribution in [2.45, 2.75) is 52.7 Å². The standard InChI is InChI=1S/C20H30N6O.HI/c1-4-21-20(22-14-19-24-23-18-8-6-7-13-26(18)19)25(3)15-16-9-11-17(12-10-16)27-5-2;/h9-12H,4-8,13-15H2,1-3H3,(H,21,22);1H. The molecule has 0 fully saturated rings. The third-order valence-electron chi connectivity index (χ3n) is 4.66. The summed E-state index contributed by atoms with van der Waals surface area (Å²) in [4.78, 5) is 6.92. The smallest absolute Gasteiger partial charge is 0.194 e. The Hall–Kier alpha value is -1.84. The largest absolute Gasteiger partial charge is 0.494 e. The van der Waals surface area contributed by atoms with Gasteiger partial charge in [0.1, 0.15) is 18.1 Å². The van der Waals surface area contributed by atoms with E-state index in [9.17, 15) is 0 Å². The van der Waals surface area contributed by atoms with Crippen molar-refractivity contribution in [2.75, 3.05) is 20.2 Å². The van der Waals surface area contributed by atoms with Gasteiger partial charge < -0.3 is 19.5 Å². The summed E-state index contributed by atoms with van der Waals surface area (Å²) in [5.74, 6) is 3.83. The number of nitrogens with zero attached hydrogens (tertiary/aromatic N) is 5. The lowest BCUT2D eigenvalue weighted by molar-refractivity contribution is 0.340. The first-order chi connectivity index (χ1) is 13.2. The van der Waals surface area contributed by atoms with Crippen molar-refractivity contribution in [1.29, 1.82) is 0 Å². The highest BCUT2D eigenvalue weighted by molar-refractivity contribution is 14.0. The highest BCUT2D eigenvalue weighted by atomic mass is 127. The number of halogens is 1. The molecular formula is C20H31IN6O. The van der Waals surface area contributed by atoms with E-state index in [0.717, 1.165) is 49.4 Å². The second kappa shape index (κ2) is 11.2. The van der Waals surface area contributed by atoms with Gasteiger partial charge in [-0.2, -0.15) is 0 Å². The molecule has 28 heavy (non-hydrogen) atoms. The molecule has 3 rings (SSSR count). The van der Waals surface area contributed by atoms with Crippen LogP contribution in [0.25, 0.3) is 0 Å². The van der Waals surface area contributed by atoms with Crippen LogP contribution >= 0.6 is 24.0 Å². The van der Waals surface area contributed by atoms with Crippen LogP contribution < -0.4 is 10.1 Å². The molecule has 0 saturated carbocycles. The van der Waals surface area contributed by atoms with Gasteiger partial charge in [0.2, 0.25) is 0 Å². The Labute approximate surface area is 184 Å². The Morgan fingerprint density at radius 2 is 2.00 bits per heavy atom. The summed E-state index contributed by atoms with van der Waals surface area (Å²) in [5, 5.41) is 12.0. The van der Waals surface area contributed by atoms with Crippen molar-refractivity contribution in [2.24, 2.45) is 4.99 Å². The number of ether oxygens (including phenoxy) is 1. The molecule has 2 aromatic rings. The number of aliphatic imine (C=N–C) groups is 1. The third kappa shape index (κ3) is 5.83. The topological polar surface area (TPSA) is 67.6 Å². The molecule has 0 bridgehead atoms. The van der Waals surface area contributed by atoms with E-state index in [1.165, 1.54) is 18.4 Å². The highest BCUT2D eigenvalue weighted by Gasteiger charge is 2.16. The number of nitrogens with one attached hydrogen (secondary N) is 1. The third-order valence-corrected chi connectivity index (χ3v) is 4.66. The first-order valence-corrected chi connectivity index (χ1v) is 9.83. The number of aryl methyl sites for hydroxylation is 1. The second-order valence-corrected chi connectivity index (χ2v) is 6.74. The highest BCUT2D eigenvalue weighted by Crippen LogP contribution is 2.15. The minimum atomic E-state index is 0. The van der Waals surface area contributed by atoms with E-state index in [2.05, 4.69) is 51.1 Å². The predicted octanol–water partition coefficient (Wildman–Crippen LogP) is 3.23. The maximum Gasteiger partial charge on any atom is 0.194 e. The van der Waals surface area contributed by atoms with Crippen LogP contribution in [-0.4, -0.2) is 45.8 Å². The Morgan fingerprint density at radius 3 is 2.71 bits per heavy atom. The lowest BCUT2D eigenvalue weighted by atomic mass is 10.2. The zero-order chi connectivity index (χ0) is 19.1. The van der Waals surface area contributed by atoms with Crippen molar-refractivity contribution >= 4 is 29.9 Å². The summed E-state index contributed by atoms with van der Waals surface area (Å²) < 4.78 is 7.74. The summed E-state index contributed by atoms with van der Waals surface area (Å²) in [6.45, 7) is 7.91. The predicted molar refractivity (Wildman–Crippen MR) is 122 cm³/mol. The molecule has 2 heterocycles. The number of guanidine groups is 1. The van der Waals surface area contributed by atoms with Crippen molar-refractivity contribution in [3.8, 4) is 5.75 Å². The summed E-state index contributed by atoms with van der Waals surface area (Å²) in [5.41, 5.74) is 1.21. The van der Waals surface area contributed by atoms with Crippen LogP contribution in [0.1, 0.15) is 43.9 Å². The molecule has 1 aliphatic heterocycles. The molecule has 1 N–H and O–H groups in total. The van der Waals surface area contributed by atoms with Crippen LogP contribution in [0.4, 0.5) is 0 Å². The van der Waals surface area contributed by atoms with Crippen LogP contribution in [0, 0.1) is 0 Å². The monoisotopic (exact) mass is 498 g/mol. The van der Waals surface area contributed by atoms with Gasteiger partial charge in [-0.15, -0.1) is 34.2 Å². The lowest BCUT2D eigenvalue weighted by Gasteiger charge is -2.22. The Kier molecular flexibility index (Phi) is 9.01. The fourth-order valence-electron chi connectivity index (χ4n) is 3.31. The molecular weight excluding hydrogens is 467 g/mol. The van der Waals surface area contributed by atoms with Gasteiger partial charge in [-0.1, -0.05) is 12.1 Å². The van der Waals surface area contributed by atoms with Crippen molar-refractivity contribution in [3.05, 3.63) is 41.5 Å². The van der Waals surface area contributed by atoms with Crippen LogP contribution in [-0.2, 0) is 26.1 Å². The minimum absolute atomic E-state index is 0. The maximum atomic E-state index is 5.51. The van der Waals surface area contributed by atoms with Crippen molar-refractivity contribution < 1.29 is 4.74 Å². The van der Waals surface area contributed by atoms with E-state index >= 15 is 0 Å². The molecule has 154 valence electrons. The molecule has 0 atom stereocenters. The number of hydrogen-bond acceptors (Lipinski definition) is 4. The lowest BCUT2D eigenvalue weighted by Crippen LogP contribution is -2.38. The molecule has 7 nitrogen and oxygen atoms in total. The van der Waals surface area contributed by atoms with Gasteiger partial charge in [-0.3, -0.25) is 0 Å². The Bertz CT molecular complexity index is 759. The van der Waals surface area contributed by atoms with Gasteiger partial charge in [0.05, 0.1) is 6.61 Å². The SMILES string of the molecule is CCNC(=NCc1nnc2n1CCCC2)N(C)Cc1ccc(OCC)cc1.I. The van der Waals surface area contributed by atoms with E-state index in [-0.39, 0.29) is 24.0 Å². The van der Waals surface area contributed by atoms with E-state index in [1.54, 1.807) is 0 Å². The van der Waals surface area contributed by atoms with Gasteiger partial charge >= 0.3 is 0 Å². The molecule has 8 heteroatoms. The zero-order valence-electron chi connectivity index (χ0n) is 17.0. The number of fused-ring (bicyclic) bond motifs is 1. The normalized spacial score (nSPS) is 13.5. The first kappa shape index (κ1) is 22.4. The van der Waals surface area contributed by atoms with Crippen LogP contribution in [0.3, 0.4) is 0 Å². The van der Waals surface area contributed by atoms with E-state index in [1.807, 2.05) is 19.1 Å². The molecule has 0 aliphatic carbocycles. The summed E-state index contributed by atoms with van der Waals surface area (Å²) in [6, 6.07) is 8.22. The van der Waals surface area contributed by atoms with Crippen LogP contribution in [0.2, 0.25) is 0 Å². The number of hydrogen-bond donors (Lipinski definition) is 1. The molecule has 0 spiro atoms. The van der Waals surface area contributed by atoms with Gasteiger partial charge in [0.25, 0.3) is 0 Å². The molecule has 0 amide bonds. The van der Waals surface area contributed by atoms with Crippen molar-refractivity contribution in [1.82, 2.24) is 25.0 Å². The van der Waals surface area contributed by atoms with Crippen LogP contribution in [0.5, 0.6) is 5.75 Å². The molecule has 0 radical (unpaired) electrons. The number of benzene rings is 1. The quantitative estimate of drug-likeness (QED) is 0.361. The Balaban J connectivity index is 0.00000280. The summed E-state index contributed by atoms with van der Waals surface area (Å²) >= 11 is 0. The van der Waals surface area contributed by atoms with Gasteiger partial charge in [0.15, 0.2) is 11.8 Å². The van der Waals surface area contributed by atoms with Gasteiger partial charge in [0, 0.05) is 33.1 Å². The van der Waals surface area contributed by atoms with E-state index < -0.39 is 0 Å².